The van der Waals surface area contributed by atoms with Crippen LogP contribution in [-0.4, -0.2) is 39.6 Å². The molecule has 1 N–H and O–H groups in total. The average molecular weight is 358 g/mol. The Bertz CT molecular complexity index is 819. The lowest BCUT2D eigenvalue weighted by molar-refractivity contribution is 0.0726. The van der Waals surface area contributed by atoms with Crippen molar-refractivity contribution in [3.63, 3.8) is 0 Å². The first-order chi connectivity index (χ1) is 12.6. The van der Waals surface area contributed by atoms with Gasteiger partial charge in [0.15, 0.2) is 11.5 Å². The predicted molar refractivity (Wildman–Crippen MR) is 94.1 cm³/mol. The first-order valence-corrected chi connectivity index (χ1v) is 7.49. The van der Waals surface area contributed by atoms with Gasteiger partial charge in [-0.05, 0) is 35.9 Å². The van der Waals surface area contributed by atoms with E-state index < -0.39 is 12.1 Å². The molecule has 2 aromatic carbocycles. The molecule has 0 unspecified atom stereocenters. The standard InChI is InChI=1S/C18H18N2O6/c1-23-14-7-5-4-6-13(14)17(21)26-15-9-8-12(10-16(15)24-2)11-19-20-18(22)25-3/h4-11H,1-3H3,(H,20,22)/b19-11-. The van der Waals surface area contributed by atoms with Crippen molar-refractivity contribution in [3.8, 4) is 17.2 Å². The van der Waals surface area contributed by atoms with Crippen molar-refractivity contribution in [2.45, 2.75) is 0 Å². The number of para-hydroxylation sites is 1. The van der Waals surface area contributed by atoms with Crippen LogP contribution in [0.25, 0.3) is 0 Å². The Kier molecular flexibility index (Phi) is 6.55. The molecule has 0 aliphatic heterocycles. The van der Waals surface area contributed by atoms with Gasteiger partial charge in [-0.1, -0.05) is 12.1 Å². The highest BCUT2D eigenvalue weighted by atomic mass is 16.6. The second kappa shape index (κ2) is 9.07. The highest BCUT2D eigenvalue weighted by Crippen LogP contribution is 2.29. The first kappa shape index (κ1) is 18.8. The molecule has 0 aliphatic carbocycles. The number of rotatable bonds is 6. The van der Waals surface area contributed by atoms with Gasteiger partial charge in [-0.25, -0.2) is 15.0 Å². The quantitative estimate of drug-likeness (QED) is 0.369. The molecule has 0 heterocycles. The van der Waals surface area contributed by atoms with Crippen molar-refractivity contribution < 1.29 is 28.5 Å². The van der Waals surface area contributed by atoms with Crippen molar-refractivity contribution in [1.82, 2.24) is 5.43 Å². The summed E-state index contributed by atoms with van der Waals surface area (Å²) in [5.41, 5.74) is 3.08. The maximum atomic E-state index is 12.4. The second-order valence-corrected chi connectivity index (χ2v) is 4.86. The fourth-order valence-electron chi connectivity index (χ4n) is 2.02. The van der Waals surface area contributed by atoms with Crippen molar-refractivity contribution in [2.24, 2.45) is 5.10 Å². The van der Waals surface area contributed by atoms with Gasteiger partial charge in [0, 0.05) is 0 Å². The summed E-state index contributed by atoms with van der Waals surface area (Å²) in [5, 5.41) is 3.72. The molecule has 26 heavy (non-hydrogen) atoms. The van der Waals surface area contributed by atoms with E-state index in [4.69, 9.17) is 14.2 Å². The number of amides is 1. The second-order valence-electron chi connectivity index (χ2n) is 4.86. The van der Waals surface area contributed by atoms with E-state index >= 15 is 0 Å². The minimum Gasteiger partial charge on any atom is -0.496 e. The lowest BCUT2D eigenvalue weighted by Crippen LogP contribution is -2.16. The number of hydrogen-bond acceptors (Lipinski definition) is 7. The van der Waals surface area contributed by atoms with Crippen molar-refractivity contribution >= 4 is 18.3 Å². The fraction of sp³-hybridized carbons (Fsp3) is 0.167. The highest BCUT2D eigenvalue weighted by Gasteiger charge is 2.16. The number of hydrazone groups is 1. The monoisotopic (exact) mass is 358 g/mol. The molecule has 0 fully saturated rings. The summed E-state index contributed by atoms with van der Waals surface area (Å²) in [6.07, 6.45) is 0.709. The molecule has 0 aliphatic rings. The van der Waals surface area contributed by atoms with Crippen LogP contribution in [-0.2, 0) is 4.74 Å². The van der Waals surface area contributed by atoms with Crippen LogP contribution < -0.4 is 19.6 Å². The third-order valence-electron chi connectivity index (χ3n) is 3.27. The van der Waals surface area contributed by atoms with Crippen LogP contribution in [0.3, 0.4) is 0 Å². The number of ether oxygens (including phenoxy) is 4. The summed E-state index contributed by atoms with van der Waals surface area (Å²) in [7, 11) is 4.16. The van der Waals surface area contributed by atoms with Crippen molar-refractivity contribution in [2.75, 3.05) is 21.3 Å². The Morgan fingerprint density at radius 2 is 1.69 bits per heavy atom. The fourth-order valence-corrected chi connectivity index (χ4v) is 2.02. The molecule has 8 heteroatoms. The zero-order valence-corrected chi connectivity index (χ0v) is 14.5. The van der Waals surface area contributed by atoms with Crippen LogP contribution in [0.5, 0.6) is 17.2 Å². The van der Waals surface area contributed by atoms with Crippen molar-refractivity contribution in [3.05, 3.63) is 53.6 Å². The van der Waals surface area contributed by atoms with E-state index in [-0.39, 0.29) is 5.75 Å². The number of carbonyl (C=O) groups excluding carboxylic acids is 2. The van der Waals surface area contributed by atoms with Gasteiger partial charge in [-0.2, -0.15) is 5.10 Å². The van der Waals surface area contributed by atoms with Gasteiger partial charge in [0.05, 0.1) is 27.5 Å². The molecule has 0 saturated carbocycles. The van der Waals surface area contributed by atoms with E-state index in [1.165, 1.54) is 27.5 Å². The van der Waals surface area contributed by atoms with Crippen LogP contribution in [0, 0.1) is 0 Å². The Morgan fingerprint density at radius 3 is 2.38 bits per heavy atom. The van der Waals surface area contributed by atoms with Crippen molar-refractivity contribution in [1.29, 1.82) is 0 Å². The third-order valence-corrected chi connectivity index (χ3v) is 3.27. The van der Waals surface area contributed by atoms with Gasteiger partial charge in [-0.3, -0.25) is 0 Å². The van der Waals surface area contributed by atoms with E-state index in [9.17, 15) is 9.59 Å². The van der Waals surface area contributed by atoms with Crippen LogP contribution in [0.15, 0.2) is 47.6 Å². The van der Waals surface area contributed by atoms with E-state index in [1.54, 1.807) is 42.5 Å². The lowest BCUT2D eigenvalue weighted by Gasteiger charge is -2.11. The molecule has 8 nitrogen and oxygen atoms in total. The summed E-state index contributed by atoms with van der Waals surface area (Å²) in [6, 6.07) is 11.6. The van der Waals surface area contributed by atoms with Crippen LogP contribution in [0.1, 0.15) is 15.9 Å². The maximum absolute atomic E-state index is 12.4. The minimum atomic E-state index is -0.685. The molecule has 0 radical (unpaired) electrons. The zero-order chi connectivity index (χ0) is 18.9. The SMILES string of the molecule is COC(=O)N/N=C\c1ccc(OC(=O)c2ccccc2OC)c(OC)c1. The number of benzene rings is 2. The molecule has 0 atom stereocenters. The molecule has 136 valence electrons. The average Bonchev–Trinajstić information content (AvgIpc) is 2.68. The Balaban J connectivity index is 2.17. The normalized spacial score (nSPS) is 10.3. The number of carbonyl (C=O) groups is 2. The Hall–Kier alpha value is -3.55. The smallest absolute Gasteiger partial charge is 0.427 e. The summed E-state index contributed by atoms with van der Waals surface area (Å²) >= 11 is 0. The van der Waals surface area contributed by atoms with E-state index in [0.29, 0.717) is 22.6 Å². The molecular weight excluding hydrogens is 340 g/mol. The summed E-state index contributed by atoms with van der Waals surface area (Å²) in [5.74, 6) is 0.403. The largest absolute Gasteiger partial charge is 0.496 e. The highest BCUT2D eigenvalue weighted by molar-refractivity contribution is 5.94. The number of hydrogen-bond donors (Lipinski definition) is 1. The van der Waals surface area contributed by atoms with Gasteiger partial charge in [0.1, 0.15) is 11.3 Å². The molecule has 0 bridgehead atoms. The topological polar surface area (TPSA) is 95.5 Å². The molecule has 0 aromatic heterocycles. The van der Waals surface area contributed by atoms with Gasteiger partial charge in [0.2, 0.25) is 0 Å². The maximum Gasteiger partial charge on any atom is 0.427 e. The Labute approximate surface area is 150 Å². The summed E-state index contributed by atoms with van der Waals surface area (Å²) in [4.78, 5) is 23.3. The predicted octanol–water partition coefficient (Wildman–Crippen LogP) is 2.61. The minimum absolute atomic E-state index is 0.237. The van der Waals surface area contributed by atoms with E-state index in [2.05, 4.69) is 15.3 Å². The number of nitrogens with zero attached hydrogens (tertiary/aromatic N) is 1. The van der Waals surface area contributed by atoms with Gasteiger partial charge >= 0.3 is 12.1 Å². The van der Waals surface area contributed by atoms with Gasteiger partial charge < -0.3 is 18.9 Å². The number of nitrogens with one attached hydrogen (secondary N) is 1. The van der Waals surface area contributed by atoms with Crippen LogP contribution >= 0.6 is 0 Å². The first-order valence-electron chi connectivity index (χ1n) is 7.49. The molecule has 0 saturated heterocycles. The van der Waals surface area contributed by atoms with Crippen LogP contribution in [0.4, 0.5) is 4.79 Å². The number of esters is 1. The van der Waals surface area contributed by atoms with E-state index in [1.807, 2.05) is 0 Å². The molecular formula is C18H18N2O6. The van der Waals surface area contributed by atoms with Gasteiger partial charge in [0.25, 0.3) is 0 Å². The zero-order valence-electron chi connectivity index (χ0n) is 14.5. The molecule has 1 amide bonds. The molecule has 0 spiro atoms. The third kappa shape index (κ3) is 4.73. The summed E-state index contributed by atoms with van der Waals surface area (Å²) in [6.45, 7) is 0. The van der Waals surface area contributed by atoms with E-state index in [0.717, 1.165) is 0 Å². The van der Waals surface area contributed by atoms with Crippen LogP contribution in [0.2, 0.25) is 0 Å². The Morgan fingerprint density at radius 1 is 0.962 bits per heavy atom. The summed E-state index contributed by atoms with van der Waals surface area (Å²) < 4.78 is 20.2. The lowest BCUT2D eigenvalue weighted by atomic mass is 10.2. The molecule has 2 rings (SSSR count). The molecule has 2 aromatic rings. The van der Waals surface area contributed by atoms with Gasteiger partial charge in [-0.15, -0.1) is 0 Å². The number of methoxy groups -OCH3 is 3.